The number of nitrogens with one attached hydrogen (secondary N) is 1. The quantitative estimate of drug-likeness (QED) is 0.547. The van der Waals surface area contributed by atoms with Crippen LogP contribution in [0.3, 0.4) is 0 Å². The summed E-state index contributed by atoms with van der Waals surface area (Å²) in [5.41, 5.74) is 3.55. The second-order valence-corrected chi connectivity index (χ2v) is 7.66. The van der Waals surface area contributed by atoms with Crippen LogP contribution in [0.5, 0.6) is 0 Å². The number of hydrogen-bond acceptors (Lipinski definition) is 3. The molecule has 1 aliphatic rings. The Kier molecular flexibility index (Phi) is 6.29. The third-order valence-corrected chi connectivity index (χ3v) is 5.70. The molecule has 0 radical (unpaired) electrons. The molecule has 5 heteroatoms. The fraction of sp³-hybridized carbons (Fsp3) is 0.280. The molecule has 0 amide bonds. The molecule has 4 rings (SSSR count). The molecule has 1 unspecified atom stereocenters. The lowest BCUT2D eigenvalue weighted by Gasteiger charge is -2.37. The molecule has 1 aliphatic heterocycles. The largest absolute Gasteiger partial charge is 0.372 e. The number of rotatable bonds is 6. The summed E-state index contributed by atoms with van der Waals surface area (Å²) in [7, 11) is 0. The van der Waals surface area contributed by atoms with Gasteiger partial charge >= 0.3 is 0 Å². The van der Waals surface area contributed by atoms with E-state index in [4.69, 9.17) is 0 Å². The normalized spacial score (nSPS) is 15.9. The van der Waals surface area contributed by atoms with E-state index in [2.05, 4.69) is 10.2 Å². The van der Waals surface area contributed by atoms with Gasteiger partial charge in [0.2, 0.25) is 0 Å². The highest BCUT2D eigenvalue weighted by molar-refractivity contribution is 5.61. The second kappa shape index (κ2) is 9.26. The highest BCUT2D eigenvalue weighted by Gasteiger charge is 2.22. The van der Waals surface area contributed by atoms with Gasteiger partial charge in [0.05, 0.1) is 11.7 Å². The van der Waals surface area contributed by atoms with Crippen LogP contribution in [0.2, 0.25) is 0 Å². The molecule has 3 aromatic carbocycles. The van der Waals surface area contributed by atoms with Crippen molar-refractivity contribution in [1.82, 2.24) is 4.90 Å². The Morgan fingerprint density at radius 1 is 0.800 bits per heavy atom. The Hall–Kier alpha value is -2.92. The maximum atomic E-state index is 14.8. The number of piperazine rings is 1. The number of halogens is 2. The lowest BCUT2D eigenvalue weighted by atomic mass is 9.98. The molecule has 1 heterocycles. The Bertz CT molecular complexity index is 900. The van der Waals surface area contributed by atoms with Gasteiger partial charge < -0.3 is 10.2 Å². The maximum absolute atomic E-state index is 14.8. The van der Waals surface area contributed by atoms with Crippen LogP contribution in [0.25, 0.3) is 0 Å². The van der Waals surface area contributed by atoms with E-state index in [1.807, 2.05) is 71.6 Å². The van der Waals surface area contributed by atoms with Crippen molar-refractivity contribution in [2.45, 2.75) is 19.3 Å². The third-order valence-electron chi connectivity index (χ3n) is 5.70. The van der Waals surface area contributed by atoms with Gasteiger partial charge in [-0.05, 0) is 36.2 Å². The summed E-state index contributed by atoms with van der Waals surface area (Å²) in [5.74, 6) is -0.286. The van der Waals surface area contributed by atoms with E-state index in [1.54, 1.807) is 13.0 Å². The summed E-state index contributed by atoms with van der Waals surface area (Å²) >= 11 is 0. The summed E-state index contributed by atoms with van der Waals surface area (Å²) in [5, 5.41) is 3.41. The molecule has 156 valence electrons. The minimum absolute atomic E-state index is 0.165. The van der Waals surface area contributed by atoms with Crippen LogP contribution in [0.4, 0.5) is 20.2 Å². The first-order valence-corrected chi connectivity index (χ1v) is 10.4. The molecule has 30 heavy (non-hydrogen) atoms. The molecule has 0 aliphatic carbocycles. The van der Waals surface area contributed by atoms with Gasteiger partial charge in [0.1, 0.15) is 5.82 Å². The van der Waals surface area contributed by atoms with Gasteiger partial charge in [0, 0.05) is 31.9 Å². The van der Waals surface area contributed by atoms with Gasteiger partial charge in [0.15, 0.2) is 6.30 Å². The number of alkyl halides is 1. The van der Waals surface area contributed by atoms with Crippen LogP contribution in [-0.2, 0) is 0 Å². The molecular weight excluding hydrogens is 380 g/mol. The van der Waals surface area contributed by atoms with Gasteiger partial charge in [-0.3, -0.25) is 4.90 Å². The first kappa shape index (κ1) is 20.4. The Labute approximate surface area is 176 Å². The van der Waals surface area contributed by atoms with E-state index < -0.39 is 6.30 Å². The van der Waals surface area contributed by atoms with Crippen LogP contribution < -0.4 is 10.2 Å². The molecule has 1 N–H and O–H groups in total. The van der Waals surface area contributed by atoms with Crippen LogP contribution >= 0.6 is 0 Å². The lowest BCUT2D eigenvalue weighted by Crippen LogP contribution is -2.48. The predicted octanol–water partition coefficient (Wildman–Crippen LogP) is 5.46. The first-order chi connectivity index (χ1) is 14.6. The van der Waals surface area contributed by atoms with E-state index >= 15 is 0 Å². The topological polar surface area (TPSA) is 18.5 Å². The van der Waals surface area contributed by atoms with Gasteiger partial charge in [-0.1, -0.05) is 60.7 Å². The summed E-state index contributed by atoms with van der Waals surface area (Å²) in [6.07, 6.45) is -0.935. The van der Waals surface area contributed by atoms with Crippen molar-refractivity contribution >= 4 is 11.4 Å². The fourth-order valence-corrected chi connectivity index (χ4v) is 3.96. The predicted molar refractivity (Wildman–Crippen MR) is 119 cm³/mol. The van der Waals surface area contributed by atoms with E-state index in [1.165, 1.54) is 6.07 Å². The van der Waals surface area contributed by atoms with Crippen molar-refractivity contribution in [2.75, 3.05) is 36.4 Å². The van der Waals surface area contributed by atoms with E-state index in [-0.39, 0.29) is 11.9 Å². The number of benzene rings is 3. The summed E-state index contributed by atoms with van der Waals surface area (Å²) in [6, 6.07) is 25.1. The van der Waals surface area contributed by atoms with Crippen LogP contribution in [-0.4, -0.2) is 37.4 Å². The summed E-state index contributed by atoms with van der Waals surface area (Å²) in [6.45, 7) is 4.34. The van der Waals surface area contributed by atoms with Crippen molar-refractivity contribution in [3.05, 3.63) is 95.8 Å². The van der Waals surface area contributed by atoms with Crippen molar-refractivity contribution < 1.29 is 8.78 Å². The zero-order chi connectivity index (χ0) is 20.9. The number of nitrogens with zero attached hydrogens (tertiary/aromatic N) is 2. The van der Waals surface area contributed by atoms with Crippen molar-refractivity contribution in [3.8, 4) is 0 Å². The average Bonchev–Trinajstić information content (AvgIpc) is 2.80. The molecule has 3 nitrogen and oxygen atoms in total. The monoisotopic (exact) mass is 407 g/mol. The van der Waals surface area contributed by atoms with Crippen LogP contribution in [0.15, 0.2) is 78.9 Å². The first-order valence-electron chi connectivity index (χ1n) is 10.4. The zero-order valence-electron chi connectivity index (χ0n) is 17.1. The fourth-order valence-electron chi connectivity index (χ4n) is 3.96. The minimum Gasteiger partial charge on any atom is -0.372 e. The standard InChI is InChI=1S/C25H27F2N3/c1-19(26)29-14-16-30(17-15-29)22-12-13-23(27)24(18-22)28-25(20-8-4-2-5-9-20)21-10-6-3-7-11-21/h2-13,18-19,25,28H,14-17H2,1H3. The molecule has 0 saturated carbocycles. The summed E-state index contributed by atoms with van der Waals surface area (Å²) in [4.78, 5) is 4.00. The van der Waals surface area contributed by atoms with E-state index in [9.17, 15) is 8.78 Å². The Morgan fingerprint density at radius 3 is 1.90 bits per heavy atom. The Balaban J connectivity index is 1.59. The van der Waals surface area contributed by atoms with E-state index in [0.717, 1.165) is 29.9 Å². The van der Waals surface area contributed by atoms with Crippen molar-refractivity contribution in [1.29, 1.82) is 0 Å². The van der Waals surface area contributed by atoms with Gasteiger partial charge in [-0.15, -0.1) is 0 Å². The van der Waals surface area contributed by atoms with Gasteiger partial charge in [0.25, 0.3) is 0 Å². The second-order valence-electron chi connectivity index (χ2n) is 7.66. The SMILES string of the molecule is CC(F)N1CCN(c2ccc(F)c(NC(c3ccccc3)c3ccccc3)c2)CC1. The molecule has 0 spiro atoms. The molecule has 0 bridgehead atoms. The number of anilines is 2. The molecular formula is C25H27F2N3. The lowest BCUT2D eigenvalue weighted by molar-refractivity contribution is 0.0920. The minimum atomic E-state index is -0.935. The Morgan fingerprint density at radius 2 is 1.37 bits per heavy atom. The zero-order valence-corrected chi connectivity index (χ0v) is 17.1. The highest BCUT2D eigenvalue weighted by Crippen LogP contribution is 2.31. The molecule has 1 fully saturated rings. The van der Waals surface area contributed by atoms with Crippen molar-refractivity contribution in [2.24, 2.45) is 0 Å². The smallest absolute Gasteiger partial charge is 0.150 e. The number of hydrogen-bond donors (Lipinski definition) is 1. The molecule has 0 aromatic heterocycles. The third kappa shape index (κ3) is 4.62. The van der Waals surface area contributed by atoms with Gasteiger partial charge in [-0.2, -0.15) is 0 Å². The van der Waals surface area contributed by atoms with Crippen LogP contribution in [0.1, 0.15) is 24.1 Å². The van der Waals surface area contributed by atoms with E-state index in [0.29, 0.717) is 18.8 Å². The van der Waals surface area contributed by atoms with Crippen molar-refractivity contribution in [3.63, 3.8) is 0 Å². The maximum Gasteiger partial charge on any atom is 0.150 e. The molecule has 1 saturated heterocycles. The summed E-state index contributed by atoms with van der Waals surface area (Å²) < 4.78 is 28.3. The average molecular weight is 408 g/mol. The highest BCUT2D eigenvalue weighted by atomic mass is 19.1. The molecule has 3 aromatic rings. The molecule has 1 atom stereocenters. The van der Waals surface area contributed by atoms with Crippen LogP contribution in [0, 0.1) is 5.82 Å². The van der Waals surface area contributed by atoms with Gasteiger partial charge in [-0.25, -0.2) is 8.78 Å².